The maximum atomic E-state index is 5.37. The largest absolute Gasteiger partial charge is 0.337 e. The third-order valence-electron chi connectivity index (χ3n) is 3.11. The van der Waals surface area contributed by atoms with E-state index in [1.54, 1.807) is 0 Å². The van der Waals surface area contributed by atoms with E-state index in [0.717, 1.165) is 24.6 Å². The molecule has 82 valence electrons. The van der Waals surface area contributed by atoms with Gasteiger partial charge in [0.25, 0.3) is 0 Å². The number of nitrogens with one attached hydrogen (secondary N) is 1. The molecule has 0 amide bonds. The zero-order chi connectivity index (χ0) is 10.5. The van der Waals surface area contributed by atoms with E-state index >= 15 is 0 Å². The Morgan fingerprint density at radius 1 is 1.40 bits per heavy atom. The number of hydrogen-bond acceptors (Lipinski definition) is 4. The predicted octanol–water partition coefficient (Wildman–Crippen LogP) is 1.93. The molecule has 0 aromatic carbocycles. The average molecular weight is 207 g/mol. The SMILES string of the molecule is CC(C)NC1(c2nc(C3CC3)no2)CC1. The Morgan fingerprint density at radius 3 is 2.67 bits per heavy atom. The van der Waals surface area contributed by atoms with Crippen molar-refractivity contribution in [1.82, 2.24) is 15.5 Å². The molecule has 0 aliphatic heterocycles. The van der Waals surface area contributed by atoms with Gasteiger partial charge in [0.2, 0.25) is 5.89 Å². The van der Waals surface area contributed by atoms with Crippen LogP contribution in [0.5, 0.6) is 0 Å². The van der Waals surface area contributed by atoms with Crippen LogP contribution in [0.1, 0.15) is 57.2 Å². The van der Waals surface area contributed by atoms with Crippen molar-refractivity contribution in [1.29, 1.82) is 0 Å². The second-order valence-corrected chi connectivity index (χ2v) is 5.11. The number of nitrogens with zero attached hydrogens (tertiary/aromatic N) is 2. The fourth-order valence-corrected chi connectivity index (χ4v) is 2.03. The standard InChI is InChI=1S/C11H17N3O/c1-7(2)13-11(5-6-11)10-12-9(14-15-10)8-3-4-8/h7-8,13H,3-6H2,1-2H3. The van der Waals surface area contributed by atoms with Crippen LogP contribution in [0.3, 0.4) is 0 Å². The van der Waals surface area contributed by atoms with E-state index in [0.29, 0.717) is 12.0 Å². The van der Waals surface area contributed by atoms with Gasteiger partial charge in [0.1, 0.15) is 0 Å². The summed E-state index contributed by atoms with van der Waals surface area (Å²) >= 11 is 0. The van der Waals surface area contributed by atoms with Gasteiger partial charge in [-0.15, -0.1) is 0 Å². The van der Waals surface area contributed by atoms with Crippen LogP contribution in [-0.4, -0.2) is 16.2 Å². The van der Waals surface area contributed by atoms with Crippen molar-refractivity contribution < 1.29 is 4.52 Å². The Kier molecular flexibility index (Phi) is 1.89. The Bertz CT molecular complexity index is 364. The summed E-state index contributed by atoms with van der Waals surface area (Å²) in [4.78, 5) is 4.52. The van der Waals surface area contributed by atoms with E-state index in [-0.39, 0.29) is 5.54 Å². The smallest absolute Gasteiger partial charge is 0.246 e. The van der Waals surface area contributed by atoms with Gasteiger partial charge in [-0.1, -0.05) is 5.16 Å². The first kappa shape index (κ1) is 9.33. The van der Waals surface area contributed by atoms with Crippen molar-refractivity contribution in [2.45, 2.75) is 57.0 Å². The highest BCUT2D eigenvalue weighted by molar-refractivity contribution is 5.16. The van der Waals surface area contributed by atoms with Crippen molar-refractivity contribution in [2.75, 3.05) is 0 Å². The summed E-state index contributed by atoms with van der Waals surface area (Å²) in [5.74, 6) is 2.30. The van der Waals surface area contributed by atoms with Gasteiger partial charge in [0, 0.05) is 12.0 Å². The molecule has 3 rings (SSSR count). The molecule has 4 nitrogen and oxygen atoms in total. The van der Waals surface area contributed by atoms with Crippen LogP contribution < -0.4 is 5.32 Å². The summed E-state index contributed by atoms with van der Waals surface area (Å²) < 4.78 is 5.37. The van der Waals surface area contributed by atoms with Crippen molar-refractivity contribution in [3.8, 4) is 0 Å². The molecule has 0 saturated heterocycles. The molecular weight excluding hydrogens is 190 g/mol. The number of aromatic nitrogens is 2. The summed E-state index contributed by atoms with van der Waals surface area (Å²) in [6.45, 7) is 4.30. The quantitative estimate of drug-likeness (QED) is 0.819. The molecular formula is C11H17N3O. The Morgan fingerprint density at radius 2 is 2.13 bits per heavy atom. The summed E-state index contributed by atoms with van der Waals surface area (Å²) in [5, 5.41) is 7.59. The molecule has 1 heterocycles. The molecule has 0 spiro atoms. The van der Waals surface area contributed by atoms with Gasteiger partial charge in [-0.3, -0.25) is 0 Å². The summed E-state index contributed by atoms with van der Waals surface area (Å²) in [5.41, 5.74) is 0.00824. The highest BCUT2D eigenvalue weighted by atomic mass is 16.5. The minimum atomic E-state index is 0.00824. The van der Waals surface area contributed by atoms with Crippen molar-refractivity contribution in [3.05, 3.63) is 11.7 Å². The monoisotopic (exact) mass is 207 g/mol. The van der Waals surface area contributed by atoms with Crippen LogP contribution in [0.2, 0.25) is 0 Å². The van der Waals surface area contributed by atoms with Crippen LogP contribution >= 0.6 is 0 Å². The summed E-state index contributed by atoms with van der Waals surface area (Å²) in [6.07, 6.45) is 4.70. The van der Waals surface area contributed by atoms with Gasteiger partial charge in [-0.2, -0.15) is 4.98 Å². The van der Waals surface area contributed by atoms with Gasteiger partial charge < -0.3 is 9.84 Å². The van der Waals surface area contributed by atoms with Crippen LogP contribution in [0, 0.1) is 0 Å². The van der Waals surface area contributed by atoms with Crippen molar-refractivity contribution >= 4 is 0 Å². The van der Waals surface area contributed by atoms with Crippen LogP contribution in [-0.2, 0) is 5.54 Å². The minimum Gasteiger partial charge on any atom is -0.337 e. The fraction of sp³-hybridized carbons (Fsp3) is 0.818. The zero-order valence-electron chi connectivity index (χ0n) is 9.29. The topological polar surface area (TPSA) is 51.0 Å². The van der Waals surface area contributed by atoms with Gasteiger partial charge in [0.05, 0.1) is 5.54 Å². The lowest BCUT2D eigenvalue weighted by Crippen LogP contribution is -2.34. The van der Waals surface area contributed by atoms with E-state index < -0.39 is 0 Å². The second kappa shape index (κ2) is 3.04. The molecule has 0 unspecified atom stereocenters. The average Bonchev–Trinajstić information content (AvgIpc) is 3.09. The lowest BCUT2D eigenvalue weighted by molar-refractivity contribution is 0.305. The van der Waals surface area contributed by atoms with E-state index in [4.69, 9.17) is 4.52 Å². The van der Waals surface area contributed by atoms with E-state index in [9.17, 15) is 0 Å². The summed E-state index contributed by atoms with van der Waals surface area (Å²) in [6, 6.07) is 0.462. The van der Waals surface area contributed by atoms with E-state index in [1.165, 1.54) is 12.8 Å². The molecule has 0 radical (unpaired) electrons. The first-order valence-electron chi connectivity index (χ1n) is 5.81. The molecule has 2 aliphatic carbocycles. The first-order valence-corrected chi connectivity index (χ1v) is 5.81. The van der Waals surface area contributed by atoms with Gasteiger partial charge in [0.15, 0.2) is 5.82 Å². The summed E-state index contributed by atoms with van der Waals surface area (Å²) in [7, 11) is 0. The fourth-order valence-electron chi connectivity index (χ4n) is 2.03. The molecule has 0 bridgehead atoms. The van der Waals surface area contributed by atoms with Crippen molar-refractivity contribution in [3.63, 3.8) is 0 Å². The Hall–Kier alpha value is -0.900. The van der Waals surface area contributed by atoms with Crippen LogP contribution in [0.15, 0.2) is 4.52 Å². The maximum absolute atomic E-state index is 5.37. The Balaban J connectivity index is 1.79. The van der Waals surface area contributed by atoms with Crippen molar-refractivity contribution in [2.24, 2.45) is 0 Å². The van der Waals surface area contributed by atoms with Gasteiger partial charge in [-0.05, 0) is 39.5 Å². The molecule has 1 aromatic rings. The van der Waals surface area contributed by atoms with E-state index in [2.05, 4.69) is 29.3 Å². The van der Waals surface area contributed by atoms with Crippen LogP contribution in [0.25, 0.3) is 0 Å². The molecule has 2 saturated carbocycles. The second-order valence-electron chi connectivity index (χ2n) is 5.11. The van der Waals surface area contributed by atoms with Gasteiger partial charge >= 0.3 is 0 Å². The molecule has 0 atom stereocenters. The minimum absolute atomic E-state index is 0.00824. The lowest BCUT2D eigenvalue weighted by Gasteiger charge is -2.15. The molecule has 2 aliphatic rings. The molecule has 2 fully saturated rings. The number of rotatable bonds is 4. The Labute approximate surface area is 89.4 Å². The highest BCUT2D eigenvalue weighted by Gasteiger charge is 2.50. The molecule has 15 heavy (non-hydrogen) atoms. The highest BCUT2D eigenvalue weighted by Crippen LogP contribution is 2.46. The zero-order valence-corrected chi connectivity index (χ0v) is 9.29. The van der Waals surface area contributed by atoms with E-state index in [1.807, 2.05) is 0 Å². The third kappa shape index (κ3) is 1.67. The lowest BCUT2D eigenvalue weighted by atomic mass is 10.2. The third-order valence-corrected chi connectivity index (χ3v) is 3.11. The first-order chi connectivity index (χ1) is 7.20. The molecule has 1 N–H and O–H groups in total. The molecule has 1 aromatic heterocycles. The number of hydrogen-bond donors (Lipinski definition) is 1. The predicted molar refractivity (Wildman–Crippen MR) is 55.5 cm³/mol. The maximum Gasteiger partial charge on any atom is 0.246 e. The normalized spacial score (nSPS) is 23.4. The van der Waals surface area contributed by atoms with Crippen LogP contribution in [0.4, 0.5) is 0 Å². The van der Waals surface area contributed by atoms with Gasteiger partial charge in [-0.25, -0.2) is 0 Å². The molecule has 4 heteroatoms.